The highest BCUT2D eigenvalue weighted by molar-refractivity contribution is 8.00. The molecular weight excluding hydrogens is 348 g/mol. The Balaban J connectivity index is 1.70. The largest absolute Gasteiger partial charge is 0.497 e. The minimum atomic E-state index is -0.200. The van der Waals surface area contributed by atoms with E-state index in [4.69, 9.17) is 4.74 Å². The average Bonchev–Trinajstić information content (AvgIpc) is 3.08. The Labute approximate surface area is 158 Å². The van der Waals surface area contributed by atoms with Gasteiger partial charge < -0.3 is 9.64 Å². The van der Waals surface area contributed by atoms with Crippen LogP contribution in [-0.4, -0.2) is 51.0 Å². The number of aromatic nitrogens is 3. The number of thioether (sulfide) groups is 1. The smallest absolute Gasteiger partial charge is 0.235 e. The Hall–Kier alpha value is -2.02. The van der Waals surface area contributed by atoms with Gasteiger partial charge in [0.05, 0.1) is 12.4 Å². The van der Waals surface area contributed by atoms with Crippen LogP contribution in [0.3, 0.4) is 0 Å². The number of hydrogen-bond donors (Lipinski definition) is 0. The number of carbonyl (C=O) groups excluding carboxylic acids is 1. The van der Waals surface area contributed by atoms with Gasteiger partial charge in [-0.1, -0.05) is 25.6 Å². The van der Waals surface area contributed by atoms with Gasteiger partial charge in [-0.3, -0.25) is 9.36 Å². The predicted molar refractivity (Wildman–Crippen MR) is 103 cm³/mol. The van der Waals surface area contributed by atoms with Crippen LogP contribution in [-0.2, 0) is 4.79 Å². The van der Waals surface area contributed by atoms with Crippen LogP contribution in [0, 0.1) is 11.8 Å². The lowest BCUT2D eigenvalue weighted by molar-refractivity contribution is -0.132. The summed E-state index contributed by atoms with van der Waals surface area (Å²) < 4.78 is 7.10. The summed E-state index contributed by atoms with van der Waals surface area (Å²) in [4.78, 5) is 14.9. The molecule has 1 aromatic carbocycles. The number of carbonyl (C=O) groups is 1. The maximum absolute atomic E-state index is 12.9. The van der Waals surface area contributed by atoms with Gasteiger partial charge in [-0.05, 0) is 49.4 Å². The van der Waals surface area contributed by atoms with E-state index in [2.05, 4.69) is 24.0 Å². The van der Waals surface area contributed by atoms with Crippen LogP contribution in [0.2, 0.25) is 0 Å². The van der Waals surface area contributed by atoms with Crippen LogP contribution >= 0.6 is 11.8 Å². The van der Waals surface area contributed by atoms with Crippen LogP contribution in [0.1, 0.15) is 27.2 Å². The molecule has 1 aliphatic heterocycles. The summed E-state index contributed by atoms with van der Waals surface area (Å²) in [5, 5.41) is 8.75. The van der Waals surface area contributed by atoms with Crippen molar-refractivity contribution in [1.29, 1.82) is 0 Å². The normalized spacial score (nSPS) is 21.5. The molecule has 1 aliphatic rings. The molecule has 6 nitrogen and oxygen atoms in total. The number of rotatable bonds is 5. The van der Waals surface area contributed by atoms with Gasteiger partial charge in [0.1, 0.15) is 12.1 Å². The zero-order valence-corrected chi connectivity index (χ0v) is 16.6. The molecule has 26 heavy (non-hydrogen) atoms. The lowest BCUT2D eigenvalue weighted by Crippen LogP contribution is -2.45. The van der Waals surface area contributed by atoms with Crippen molar-refractivity contribution < 1.29 is 9.53 Å². The molecule has 1 aromatic heterocycles. The molecule has 2 aromatic rings. The van der Waals surface area contributed by atoms with E-state index in [0.29, 0.717) is 17.0 Å². The van der Waals surface area contributed by atoms with Crippen molar-refractivity contribution in [1.82, 2.24) is 19.7 Å². The van der Waals surface area contributed by atoms with E-state index in [1.807, 2.05) is 40.7 Å². The number of hydrogen-bond acceptors (Lipinski definition) is 5. The highest BCUT2D eigenvalue weighted by Crippen LogP contribution is 2.28. The second-order valence-electron chi connectivity index (χ2n) is 7.13. The van der Waals surface area contributed by atoms with Crippen molar-refractivity contribution in [2.75, 3.05) is 20.2 Å². The van der Waals surface area contributed by atoms with Crippen molar-refractivity contribution in [2.24, 2.45) is 11.8 Å². The Morgan fingerprint density at radius 1 is 1.23 bits per heavy atom. The fourth-order valence-electron chi connectivity index (χ4n) is 3.53. The van der Waals surface area contributed by atoms with Crippen LogP contribution in [0.15, 0.2) is 35.7 Å². The first-order valence-corrected chi connectivity index (χ1v) is 9.85. The highest BCUT2D eigenvalue weighted by atomic mass is 32.2. The lowest BCUT2D eigenvalue weighted by atomic mass is 9.92. The topological polar surface area (TPSA) is 60.2 Å². The number of nitrogens with zero attached hydrogens (tertiary/aromatic N) is 4. The summed E-state index contributed by atoms with van der Waals surface area (Å²) in [6.45, 7) is 8.07. The van der Waals surface area contributed by atoms with E-state index in [0.717, 1.165) is 24.5 Å². The average molecular weight is 375 g/mol. The van der Waals surface area contributed by atoms with Gasteiger partial charge in [0.15, 0.2) is 5.16 Å². The molecule has 0 spiro atoms. The van der Waals surface area contributed by atoms with Crippen LogP contribution < -0.4 is 4.74 Å². The molecule has 1 fully saturated rings. The number of amides is 1. The predicted octanol–water partition coefficient (Wildman–Crippen LogP) is 3.26. The zero-order valence-electron chi connectivity index (χ0n) is 15.8. The second kappa shape index (κ2) is 8.12. The Morgan fingerprint density at radius 3 is 2.50 bits per heavy atom. The van der Waals surface area contributed by atoms with Crippen molar-refractivity contribution in [3.63, 3.8) is 0 Å². The van der Waals surface area contributed by atoms with E-state index in [9.17, 15) is 4.79 Å². The molecule has 0 saturated carbocycles. The molecule has 3 atom stereocenters. The SMILES string of the molecule is COc1ccc(-n2cnnc2S[C@H](C)C(=O)N2C[C@@H](C)C[C@H](C)C2)cc1. The molecule has 140 valence electrons. The molecule has 0 aliphatic carbocycles. The summed E-state index contributed by atoms with van der Waals surface area (Å²) in [7, 11) is 1.64. The van der Waals surface area contributed by atoms with E-state index < -0.39 is 0 Å². The molecule has 1 saturated heterocycles. The first-order chi connectivity index (χ1) is 12.5. The minimum absolute atomic E-state index is 0.178. The van der Waals surface area contributed by atoms with E-state index in [-0.39, 0.29) is 11.2 Å². The minimum Gasteiger partial charge on any atom is -0.497 e. The Bertz CT molecular complexity index is 736. The standard InChI is InChI=1S/C19H26N4O2S/c1-13-9-14(2)11-22(10-13)18(24)15(3)26-19-21-20-12-23(19)16-5-7-17(25-4)8-6-16/h5-8,12-15H,9-11H2,1-4H3/t13-,14-,15+/m0/s1. The molecule has 0 unspecified atom stereocenters. The summed E-state index contributed by atoms with van der Waals surface area (Å²) in [5.41, 5.74) is 0.943. The van der Waals surface area contributed by atoms with Gasteiger partial charge in [-0.15, -0.1) is 10.2 Å². The first kappa shape index (κ1) is 18.8. The van der Waals surface area contributed by atoms with E-state index in [1.54, 1.807) is 13.4 Å². The maximum Gasteiger partial charge on any atom is 0.235 e. The number of ether oxygens (including phenoxy) is 1. The van der Waals surface area contributed by atoms with Gasteiger partial charge in [-0.25, -0.2) is 0 Å². The number of benzene rings is 1. The van der Waals surface area contributed by atoms with Gasteiger partial charge in [0.2, 0.25) is 5.91 Å². The molecule has 0 bridgehead atoms. The monoisotopic (exact) mass is 374 g/mol. The van der Waals surface area contributed by atoms with Crippen molar-refractivity contribution in [3.8, 4) is 11.4 Å². The molecule has 3 rings (SSSR count). The molecule has 2 heterocycles. The van der Waals surface area contributed by atoms with Gasteiger partial charge in [-0.2, -0.15) is 0 Å². The zero-order chi connectivity index (χ0) is 18.7. The lowest BCUT2D eigenvalue weighted by Gasteiger charge is -2.36. The van der Waals surface area contributed by atoms with Crippen molar-refractivity contribution in [2.45, 2.75) is 37.6 Å². The van der Waals surface area contributed by atoms with Crippen LogP contribution in [0.25, 0.3) is 5.69 Å². The van der Waals surface area contributed by atoms with Crippen LogP contribution in [0.5, 0.6) is 5.75 Å². The summed E-state index contributed by atoms with van der Waals surface area (Å²) in [6.07, 6.45) is 2.86. The third-order valence-electron chi connectivity index (χ3n) is 4.68. The Morgan fingerprint density at radius 2 is 1.88 bits per heavy atom. The fraction of sp³-hybridized carbons (Fsp3) is 0.526. The summed E-state index contributed by atoms with van der Waals surface area (Å²) >= 11 is 1.45. The fourth-order valence-corrected chi connectivity index (χ4v) is 4.46. The summed E-state index contributed by atoms with van der Waals surface area (Å²) in [5.74, 6) is 2.09. The highest BCUT2D eigenvalue weighted by Gasteiger charge is 2.29. The van der Waals surface area contributed by atoms with Gasteiger partial charge in [0.25, 0.3) is 0 Å². The molecular formula is C19H26N4O2S. The van der Waals surface area contributed by atoms with E-state index in [1.165, 1.54) is 18.2 Å². The Kier molecular flexibility index (Phi) is 5.86. The first-order valence-electron chi connectivity index (χ1n) is 8.97. The maximum atomic E-state index is 12.9. The molecule has 1 amide bonds. The number of methoxy groups -OCH3 is 1. The second-order valence-corrected chi connectivity index (χ2v) is 8.44. The van der Waals surface area contributed by atoms with Gasteiger partial charge >= 0.3 is 0 Å². The van der Waals surface area contributed by atoms with Crippen molar-refractivity contribution >= 4 is 17.7 Å². The molecule has 7 heteroatoms. The number of likely N-dealkylation sites (tertiary alicyclic amines) is 1. The third kappa shape index (κ3) is 4.20. The third-order valence-corrected chi connectivity index (χ3v) is 5.72. The van der Waals surface area contributed by atoms with Crippen molar-refractivity contribution in [3.05, 3.63) is 30.6 Å². The molecule has 0 radical (unpaired) electrons. The quantitative estimate of drug-likeness (QED) is 0.752. The van der Waals surface area contributed by atoms with Gasteiger partial charge in [0, 0.05) is 18.8 Å². The molecule has 0 N–H and O–H groups in total. The summed E-state index contributed by atoms with van der Waals surface area (Å²) in [6, 6.07) is 7.70. The van der Waals surface area contributed by atoms with Crippen LogP contribution in [0.4, 0.5) is 0 Å². The van der Waals surface area contributed by atoms with E-state index >= 15 is 0 Å². The number of piperidine rings is 1.